The first-order valence-electron chi connectivity index (χ1n) is 3.71. The normalized spacial score (nSPS) is 13.8. The van der Waals surface area contributed by atoms with Gasteiger partial charge in [0.2, 0.25) is 0 Å². The van der Waals surface area contributed by atoms with Crippen LogP contribution in [0.2, 0.25) is 0 Å². The molecule has 0 saturated carbocycles. The van der Waals surface area contributed by atoms with Crippen LogP contribution in [0.15, 0.2) is 0 Å². The van der Waals surface area contributed by atoms with Gasteiger partial charge in [0, 0.05) is 0 Å². The van der Waals surface area contributed by atoms with Gasteiger partial charge in [-0.15, -0.1) is 0 Å². The molecule has 74 valence electrons. The maximum absolute atomic E-state index is 9.07. The van der Waals surface area contributed by atoms with E-state index < -0.39 is 12.4 Å². The van der Waals surface area contributed by atoms with E-state index in [2.05, 4.69) is 9.68 Å². The highest BCUT2D eigenvalue weighted by atomic mass is 16.7. The van der Waals surface area contributed by atoms with Gasteiger partial charge in [0.05, 0.1) is 13.2 Å². The zero-order valence-electron chi connectivity index (χ0n) is 7.10. The Kier molecular flexibility index (Phi) is 7.26. The third-order valence-electron chi connectivity index (χ3n) is 1.26. The van der Waals surface area contributed by atoms with Crippen molar-refractivity contribution < 1.29 is 19.5 Å². The van der Waals surface area contributed by atoms with E-state index in [0.29, 0.717) is 6.42 Å². The lowest BCUT2D eigenvalue weighted by atomic mass is 10.4. The number of hydrogen-bond acceptors (Lipinski definition) is 6. The van der Waals surface area contributed by atoms with Crippen LogP contribution in [0.25, 0.3) is 0 Å². The van der Waals surface area contributed by atoms with Crippen LogP contribution in [0, 0.1) is 0 Å². The summed E-state index contributed by atoms with van der Waals surface area (Å²) in [6.07, 6.45) is -0.777. The van der Waals surface area contributed by atoms with Crippen molar-refractivity contribution in [3.8, 4) is 0 Å². The molecule has 0 heterocycles. The highest BCUT2D eigenvalue weighted by molar-refractivity contribution is 4.54. The molecule has 0 aromatic rings. The second-order valence-corrected chi connectivity index (χ2v) is 2.29. The quantitative estimate of drug-likeness (QED) is 0.339. The minimum atomic E-state index is -0.833. The van der Waals surface area contributed by atoms with Crippen LogP contribution in [-0.4, -0.2) is 30.7 Å². The highest BCUT2D eigenvalue weighted by Crippen LogP contribution is 2.00. The number of rotatable bonds is 7. The van der Waals surface area contributed by atoms with Crippen LogP contribution >= 0.6 is 0 Å². The predicted octanol–water partition coefficient (Wildman–Crippen LogP) is -1.12. The third kappa shape index (κ3) is 5.42. The SMILES string of the molecule is CCC(O)OC(CON)CON. The van der Waals surface area contributed by atoms with E-state index in [1.807, 2.05) is 0 Å². The second kappa shape index (κ2) is 7.41. The summed E-state index contributed by atoms with van der Waals surface area (Å²) in [5.41, 5.74) is 0. The second-order valence-electron chi connectivity index (χ2n) is 2.29. The highest BCUT2D eigenvalue weighted by Gasteiger charge is 2.13. The van der Waals surface area contributed by atoms with Crippen LogP contribution in [0.4, 0.5) is 0 Å². The van der Waals surface area contributed by atoms with Crippen molar-refractivity contribution in [3.63, 3.8) is 0 Å². The van der Waals surface area contributed by atoms with Gasteiger partial charge < -0.3 is 19.5 Å². The zero-order valence-corrected chi connectivity index (χ0v) is 7.10. The number of hydrogen-bond donors (Lipinski definition) is 3. The molecule has 0 fully saturated rings. The lowest BCUT2D eigenvalue weighted by Crippen LogP contribution is -2.32. The molecule has 1 unspecified atom stereocenters. The topological polar surface area (TPSA) is 100.0 Å². The summed E-state index contributed by atoms with van der Waals surface area (Å²) in [5.74, 6) is 9.64. The van der Waals surface area contributed by atoms with Crippen molar-refractivity contribution in [2.24, 2.45) is 11.8 Å². The van der Waals surface area contributed by atoms with Crippen LogP contribution in [0.3, 0.4) is 0 Å². The molecule has 0 aromatic heterocycles. The van der Waals surface area contributed by atoms with E-state index >= 15 is 0 Å². The lowest BCUT2D eigenvalue weighted by molar-refractivity contribution is -0.169. The van der Waals surface area contributed by atoms with Crippen LogP contribution in [0.5, 0.6) is 0 Å². The van der Waals surface area contributed by atoms with E-state index in [1.54, 1.807) is 6.92 Å². The van der Waals surface area contributed by atoms with Crippen LogP contribution in [-0.2, 0) is 14.4 Å². The molecule has 0 aliphatic carbocycles. The Balaban J connectivity index is 3.61. The van der Waals surface area contributed by atoms with Crippen molar-refractivity contribution in [1.82, 2.24) is 0 Å². The Bertz CT molecular complexity index is 97.5. The Labute approximate surface area is 71.3 Å². The first-order chi connectivity index (χ1) is 5.74. The van der Waals surface area contributed by atoms with E-state index in [9.17, 15) is 0 Å². The molecular formula is C6H16N2O4. The zero-order chi connectivity index (χ0) is 9.40. The molecule has 0 bridgehead atoms. The average Bonchev–Trinajstić information content (AvgIpc) is 2.05. The summed E-state index contributed by atoms with van der Waals surface area (Å²) in [6.45, 7) is 2.05. The van der Waals surface area contributed by atoms with E-state index in [0.717, 1.165) is 0 Å². The fourth-order valence-corrected chi connectivity index (χ4v) is 0.660. The molecule has 0 aliphatic heterocycles. The Morgan fingerprint density at radius 1 is 1.25 bits per heavy atom. The molecule has 12 heavy (non-hydrogen) atoms. The summed E-state index contributed by atoms with van der Waals surface area (Å²) in [4.78, 5) is 8.66. The maximum Gasteiger partial charge on any atom is 0.154 e. The number of ether oxygens (including phenoxy) is 1. The monoisotopic (exact) mass is 180 g/mol. The molecule has 5 N–H and O–H groups in total. The molecule has 6 nitrogen and oxygen atoms in total. The van der Waals surface area contributed by atoms with Gasteiger partial charge in [-0.05, 0) is 6.42 Å². The average molecular weight is 180 g/mol. The molecule has 1 atom stereocenters. The third-order valence-corrected chi connectivity index (χ3v) is 1.26. The van der Waals surface area contributed by atoms with Gasteiger partial charge >= 0.3 is 0 Å². The van der Waals surface area contributed by atoms with Gasteiger partial charge in [0.15, 0.2) is 6.29 Å². The molecule has 0 aliphatic rings. The van der Waals surface area contributed by atoms with Gasteiger partial charge in [-0.1, -0.05) is 6.92 Å². The van der Waals surface area contributed by atoms with Gasteiger partial charge in [-0.25, -0.2) is 11.8 Å². The van der Waals surface area contributed by atoms with Crippen LogP contribution in [0.1, 0.15) is 13.3 Å². The fourth-order valence-electron chi connectivity index (χ4n) is 0.660. The van der Waals surface area contributed by atoms with Gasteiger partial charge in [-0.3, -0.25) is 0 Å². The fraction of sp³-hybridized carbons (Fsp3) is 1.00. The lowest BCUT2D eigenvalue weighted by Gasteiger charge is -2.18. The van der Waals surface area contributed by atoms with Gasteiger partial charge in [-0.2, -0.15) is 0 Å². The summed E-state index contributed by atoms with van der Waals surface area (Å²) in [6, 6.07) is 0. The van der Waals surface area contributed by atoms with Crippen molar-refractivity contribution in [2.45, 2.75) is 25.7 Å². The number of aliphatic hydroxyl groups excluding tert-OH is 1. The minimum Gasteiger partial charge on any atom is -0.368 e. The van der Waals surface area contributed by atoms with Gasteiger partial charge in [0.1, 0.15) is 6.10 Å². The molecule has 0 aromatic carbocycles. The largest absolute Gasteiger partial charge is 0.368 e. The molecule has 0 saturated heterocycles. The Morgan fingerprint density at radius 2 is 1.75 bits per heavy atom. The van der Waals surface area contributed by atoms with Crippen LogP contribution < -0.4 is 11.8 Å². The molecule has 0 amide bonds. The Morgan fingerprint density at radius 3 is 2.08 bits per heavy atom. The summed E-state index contributed by atoms with van der Waals surface area (Å²) >= 11 is 0. The first kappa shape index (κ1) is 11.8. The van der Waals surface area contributed by atoms with E-state index in [-0.39, 0.29) is 13.2 Å². The van der Waals surface area contributed by atoms with E-state index in [1.165, 1.54) is 0 Å². The molecule has 0 radical (unpaired) electrons. The Hall–Kier alpha value is -0.240. The van der Waals surface area contributed by atoms with Crippen molar-refractivity contribution in [1.29, 1.82) is 0 Å². The summed E-state index contributed by atoms with van der Waals surface area (Å²) in [5, 5.41) is 9.07. The smallest absolute Gasteiger partial charge is 0.154 e. The molecular weight excluding hydrogens is 164 g/mol. The standard InChI is InChI=1S/C6H16N2O4/c1-2-6(9)12-5(3-10-7)4-11-8/h5-6,9H,2-4,7-8H2,1H3. The molecule has 0 rings (SSSR count). The van der Waals surface area contributed by atoms with Gasteiger partial charge in [0.25, 0.3) is 0 Å². The van der Waals surface area contributed by atoms with Crippen molar-refractivity contribution >= 4 is 0 Å². The van der Waals surface area contributed by atoms with E-state index in [4.69, 9.17) is 21.6 Å². The maximum atomic E-state index is 9.07. The summed E-state index contributed by atoms with van der Waals surface area (Å²) in [7, 11) is 0. The number of aliphatic hydroxyl groups is 1. The number of nitrogens with two attached hydrogens (primary N) is 2. The first-order valence-corrected chi connectivity index (χ1v) is 3.71. The molecule has 0 spiro atoms. The summed E-state index contributed by atoms with van der Waals surface area (Å²) < 4.78 is 5.03. The molecule has 6 heteroatoms. The predicted molar refractivity (Wildman–Crippen MR) is 41.4 cm³/mol. The minimum absolute atomic E-state index is 0.133. The van der Waals surface area contributed by atoms with Crippen molar-refractivity contribution in [3.05, 3.63) is 0 Å². The van der Waals surface area contributed by atoms with Crippen molar-refractivity contribution in [2.75, 3.05) is 13.2 Å².